The van der Waals surface area contributed by atoms with Gasteiger partial charge >= 0.3 is 0 Å². The van der Waals surface area contributed by atoms with E-state index in [4.69, 9.17) is 9.47 Å². The molecule has 0 saturated carbocycles. The summed E-state index contributed by atoms with van der Waals surface area (Å²) >= 11 is 0. The van der Waals surface area contributed by atoms with Crippen molar-refractivity contribution in [2.24, 2.45) is 0 Å². The molecule has 1 N–H and O–H groups in total. The zero-order chi connectivity index (χ0) is 20.5. The maximum atomic E-state index is 10.4. The second kappa shape index (κ2) is 11.2. The molecule has 1 saturated heterocycles. The van der Waals surface area contributed by atoms with Gasteiger partial charge in [-0.3, -0.25) is 9.80 Å². The van der Waals surface area contributed by atoms with Crippen molar-refractivity contribution in [2.75, 3.05) is 40.4 Å². The van der Waals surface area contributed by atoms with Crippen LogP contribution in [0, 0.1) is 0 Å². The fraction of sp³-hybridized carbons (Fsp3) is 0.500. The van der Waals surface area contributed by atoms with Crippen LogP contribution in [0.4, 0.5) is 0 Å². The minimum atomic E-state index is -0.570. The van der Waals surface area contributed by atoms with Gasteiger partial charge in [0.05, 0.1) is 7.11 Å². The molecule has 0 radical (unpaired) electrons. The molecule has 0 bridgehead atoms. The van der Waals surface area contributed by atoms with Crippen LogP contribution < -0.4 is 9.47 Å². The molecule has 1 fully saturated rings. The van der Waals surface area contributed by atoms with Crippen LogP contribution in [0.2, 0.25) is 0 Å². The Kier molecular flexibility index (Phi) is 8.35. The van der Waals surface area contributed by atoms with Gasteiger partial charge in [-0.25, -0.2) is 0 Å². The van der Waals surface area contributed by atoms with Gasteiger partial charge in [0.2, 0.25) is 0 Å². The molecule has 2 aromatic carbocycles. The fourth-order valence-electron chi connectivity index (χ4n) is 3.87. The molecule has 5 heteroatoms. The largest absolute Gasteiger partial charge is 0.493 e. The molecular formula is C24H34N2O3. The molecule has 0 aliphatic carbocycles. The molecule has 0 spiro atoms. The number of methoxy groups -OCH3 is 1. The molecule has 0 aromatic heterocycles. The molecule has 2 aromatic rings. The Bertz CT molecular complexity index is 732. The van der Waals surface area contributed by atoms with Crippen molar-refractivity contribution in [3.63, 3.8) is 0 Å². The lowest BCUT2D eigenvalue weighted by Crippen LogP contribution is -2.32. The first kappa shape index (κ1) is 21.6. The Labute approximate surface area is 174 Å². The average Bonchev–Trinajstić information content (AvgIpc) is 2.74. The van der Waals surface area contributed by atoms with Gasteiger partial charge in [0.1, 0.15) is 12.7 Å². The lowest BCUT2D eigenvalue weighted by Gasteiger charge is -2.26. The third-order valence-electron chi connectivity index (χ3n) is 5.33. The Morgan fingerprint density at radius 3 is 2.48 bits per heavy atom. The van der Waals surface area contributed by atoms with E-state index in [-0.39, 0.29) is 6.61 Å². The third-order valence-corrected chi connectivity index (χ3v) is 5.33. The zero-order valence-corrected chi connectivity index (χ0v) is 17.7. The van der Waals surface area contributed by atoms with Crippen LogP contribution in [0.3, 0.4) is 0 Å². The summed E-state index contributed by atoms with van der Waals surface area (Å²) in [6, 6.07) is 16.4. The first-order valence-corrected chi connectivity index (χ1v) is 10.6. The van der Waals surface area contributed by atoms with Crippen LogP contribution in [-0.2, 0) is 13.1 Å². The quantitative estimate of drug-likeness (QED) is 0.663. The molecule has 0 unspecified atom stereocenters. The van der Waals surface area contributed by atoms with E-state index in [1.54, 1.807) is 7.11 Å². The van der Waals surface area contributed by atoms with Crippen molar-refractivity contribution >= 4 is 0 Å². The van der Waals surface area contributed by atoms with Crippen molar-refractivity contribution < 1.29 is 14.6 Å². The minimum absolute atomic E-state index is 0.239. The number of aliphatic hydroxyl groups excluding tert-OH is 1. The second-order valence-electron chi connectivity index (χ2n) is 7.97. The van der Waals surface area contributed by atoms with Crippen LogP contribution in [0.25, 0.3) is 0 Å². The molecule has 1 aliphatic rings. The molecule has 0 amide bonds. The Morgan fingerprint density at radius 1 is 1.00 bits per heavy atom. The fourth-order valence-corrected chi connectivity index (χ4v) is 3.87. The van der Waals surface area contributed by atoms with E-state index in [9.17, 15) is 5.11 Å². The summed E-state index contributed by atoms with van der Waals surface area (Å²) in [5.41, 5.74) is 2.45. The Hall–Kier alpha value is -2.08. The minimum Gasteiger partial charge on any atom is -0.493 e. The third kappa shape index (κ3) is 7.03. The van der Waals surface area contributed by atoms with Gasteiger partial charge in [0.25, 0.3) is 0 Å². The van der Waals surface area contributed by atoms with E-state index in [1.165, 1.54) is 30.4 Å². The lowest BCUT2D eigenvalue weighted by molar-refractivity contribution is 0.0732. The van der Waals surface area contributed by atoms with Gasteiger partial charge in [0.15, 0.2) is 11.5 Å². The Balaban J connectivity index is 1.51. The predicted molar refractivity (Wildman–Crippen MR) is 116 cm³/mol. The number of aliphatic hydroxyl groups is 1. The average molecular weight is 399 g/mol. The van der Waals surface area contributed by atoms with E-state index < -0.39 is 6.10 Å². The van der Waals surface area contributed by atoms with Gasteiger partial charge in [-0.05, 0) is 56.2 Å². The molecule has 1 atom stereocenters. The van der Waals surface area contributed by atoms with Crippen molar-refractivity contribution in [1.82, 2.24) is 9.80 Å². The summed E-state index contributed by atoms with van der Waals surface area (Å²) in [5.74, 6) is 1.41. The van der Waals surface area contributed by atoms with Gasteiger partial charge in [-0.15, -0.1) is 0 Å². The van der Waals surface area contributed by atoms with Gasteiger partial charge in [0, 0.05) is 19.6 Å². The van der Waals surface area contributed by atoms with E-state index >= 15 is 0 Å². The van der Waals surface area contributed by atoms with E-state index in [0.717, 1.165) is 26.2 Å². The van der Waals surface area contributed by atoms with Crippen LogP contribution in [0.1, 0.15) is 30.4 Å². The highest BCUT2D eigenvalue weighted by atomic mass is 16.5. The van der Waals surface area contributed by atoms with Crippen molar-refractivity contribution in [3.8, 4) is 11.5 Å². The van der Waals surface area contributed by atoms with Crippen LogP contribution >= 0.6 is 0 Å². The van der Waals surface area contributed by atoms with Gasteiger partial charge in [-0.2, -0.15) is 0 Å². The number of benzene rings is 2. The summed E-state index contributed by atoms with van der Waals surface area (Å²) in [6.45, 7) is 4.84. The highest BCUT2D eigenvalue weighted by Crippen LogP contribution is 2.29. The topological polar surface area (TPSA) is 45.2 Å². The molecule has 3 rings (SSSR count). The molecule has 158 valence electrons. The number of nitrogens with zero attached hydrogens (tertiary/aromatic N) is 2. The number of hydrogen-bond acceptors (Lipinski definition) is 5. The summed E-state index contributed by atoms with van der Waals surface area (Å²) in [7, 11) is 3.66. The van der Waals surface area contributed by atoms with Crippen LogP contribution in [0.15, 0.2) is 48.5 Å². The SMILES string of the molecule is COc1ccc(CN2CCCCC2)cc1OC[C@H](O)CN(C)Cc1ccccc1. The van der Waals surface area contributed by atoms with Gasteiger partial charge in [-0.1, -0.05) is 42.8 Å². The molecular weight excluding hydrogens is 364 g/mol. The lowest BCUT2D eigenvalue weighted by atomic mass is 10.1. The number of ether oxygens (including phenoxy) is 2. The van der Waals surface area contributed by atoms with E-state index in [1.807, 2.05) is 37.4 Å². The smallest absolute Gasteiger partial charge is 0.161 e. The van der Waals surface area contributed by atoms with Crippen molar-refractivity contribution in [3.05, 3.63) is 59.7 Å². The molecule has 1 aliphatic heterocycles. The van der Waals surface area contributed by atoms with Crippen LogP contribution in [-0.4, -0.2) is 61.4 Å². The number of hydrogen-bond donors (Lipinski definition) is 1. The number of rotatable bonds is 10. The monoisotopic (exact) mass is 398 g/mol. The maximum Gasteiger partial charge on any atom is 0.161 e. The Morgan fingerprint density at radius 2 is 1.76 bits per heavy atom. The standard InChI is InChI=1S/C24H34N2O3/c1-25(16-20-9-5-3-6-10-20)18-22(27)19-29-24-15-21(11-12-23(24)28-2)17-26-13-7-4-8-14-26/h3,5-6,9-12,15,22,27H,4,7-8,13-14,16-19H2,1-2H3/t22-/m1/s1. The van der Waals surface area contributed by atoms with Crippen molar-refractivity contribution in [1.29, 1.82) is 0 Å². The highest BCUT2D eigenvalue weighted by molar-refractivity contribution is 5.43. The van der Waals surface area contributed by atoms with Crippen LogP contribution in [0.5, 0.6) is 11.5 Å². The first-order chi connectivity index (χ1) is 14.1. The summed E-state index contributed by atoms with van der Waals surface area (Å²) in [6.07, 6.45) is 3.33. The maximum absolute atomic E-state index is 10.4. The van der Waals surface area contributed by atoms with E-state index in [0.29, 0.717) is 18.0 Å². The summed E-state index contributed by atoms with van der Waals surface area (Å²) in [4.78, 5) is 4.59. The molecule has 1 heterocycles. The number of likely N-dealkylation sites (tertiary alicyclic amines) is 1. The highest BCUT2D eigenvalue weighted by Gasteiger charge is 2.14. The number of likely N-dealkylation sites (N-methyl/N-ethyl adjacent to an activating group) is 1. The summed E-state index contributed by atoms with van der Waals surface area (Å²) < 4.78 is 11.4. The number of piperidine rings is 1. The molecule has 5 nitrogen and oxygen atoms in total. The second-order valence-corrected chi connectivity index (χ2v) is 7.97. The van der Waals surface area contributed by atoms with E-state index in [2.05, 4.69) is 28.0 Å². The first-order valence-electron chi connectivity index (χ1n) is 10.6. The summed E-state index contributed by atoms with van der Waals surface area (Å²) in [5, 5.41) is 10.4. The zero-order valence-electron chi connectivity index (χ0n) is 17.7. The predicted octanol–water partition coefficient (Wildman–Crippen LogP) is 3.55. The van der Waals surface area contributed by atoms with Gasteiger partial charge < -0.3 is 14.6 Å². The molecule has 29 heavy (non-hydrogen) atoms. The van der Waals surface area contributed by atoms with Crippen molar-refractivity contribution in [2.45, 2.75) is 38.5 Å². The normalized spacial score (nSPS) is 16.0.